The highest BCUT2D eigenvalue weighted by molar-refractivity contribution is 7.80. The maximum Gasteiger partial charge on any atom is 0.0743 e. The minimum atomic E-state index is 0.314. The number of nitrogens with zero attached hydrogens (tertiary/aromatic N) is 1. The molecule has 1 fully saturated rings. The number of hydrogen-bond acceptors (Lipinski definition) is 3. The van der Waals surface area contributed by atoms with Gasteiger partial charge in [-0.2, -0.15) is 0 Å². The van der Waals surface area contributed by atoms with Crippen LogP contribution in [0.2, 0.25) is 0 Å². The van der Waals surface area contributed by atoms with Gasteiger partial charge >= 0.3 is 0 Å². The molecule has 0 spiro atoms. The Morgan fingerprint density at radius 2 is 2.00 bits per heavy atom. The third-order valence-corrected chi connectivity index (χ3v) is 3.04. The van der Waals surface area contributed by atoms with Gasteiger partial charge in [-0.3, -0.25) is 4.90 Å². The van der Waals surface area contributed by atoms with E-state index in [0.717, 1.165) is 25.9 Å². The summed E-state index contributed by atoms with van der Waals surface area (Å²) in [6, 6.07) is 0.483. The second kappa shape index (κ2) is 5.77. The molecule has 0 aromatic heterocycles. The normalized spacial score (nSPS) is 30.1. The largest absolute Gasteiger partial charge is 0.393 e. The first-order chi connectivity index (χ1) is 7.02. The van der Waals surface area contributed by atoms with Crippen molar-refractivity contribution in [2.75, 3.05) is 13.1 Å². The van der Waals surface area contributed by atoms with Crippen LogP contribution in [0.25, 0.3) is 0 Å². The summed E-state index contributed by atoms with van der Waals surface area (Å²) in [5.41, 5.74) is 5.62. The summed E-state index contributed by atoms with van der Waals surface area (Å²) in [6.07, 6.45) is 2.55. The van der Waals surface area contributed by atoms with E-state index in [4.69, 9.17) is 22.7 Å². The molecule has 0 aromatic rings. The fraction of sp³-hybridized carbons (Fsp3) is 0.909. The molecule has 0 radical (unpaired) electrons. The second-order valence-corrected chi connectivity index (χ2v) is 4.97. The Morgan fingerprint density at radius 1 is 1.47 bits per heavy atom. The zero-order valence-electron chi connectivity index (χ0n) is 9.90. The summed E-state index contributed by atoms with van der Waals surface area (Å²) in [5.74, 6) is 0. The smallest absolute Gasteiger partial charge is 0.0743 e. The van der Waals surface area contributed by atoms with Crippen LogP contribution in [0.4, 0.5) is 0 Å². The van der Waals surface area contributed by atoms with Crippen LogP contribution in [0.5, 0.6) is 0 Å². The Morgan fingerprint density at radius 3 is 2.40 bits per heavy atom. The molecule has 0 aliphatic carbocycles. The topological polar surface area (TPSA) is 38.5 Å². The van der Waals surface area contributed by atoms with Crippen LogP contribution >= 0.6 is 12.2 Å². The van der Waals surface area contributed by atoms with Crippen molar-refractivity contribution in [1.29, 1.82) is 0 Å². The lowest BCUT2D eigenvalue weighted by atomic mass is 10.1. The molecule has 0 saturated carbocycles. The summed E-state index contributed by atoms with van der Waals surface area (Å²) >= 11 is 4.99. The molecule has 1 unspecified atom stereocenters. The molecule has 0 bridgehead atoms. The van der Waals surface area contributed by atoms with E-state index in [0.29, 0.717) is 23.2 Å². The van der Waals surface area contributed by atoms with Gasteiger partial charge in [0.15, 0.2) is 0 Å². The summed E-state index contributed by atoms with van der Waals surface area (Å²) in [4.78, 5) is 3.08. The molecule has 1 aliphatic heterocycles. The number of thiocarbonyl (C=S) groups is 1. The average molecular weight is 230 g/mol. The van der Waals surface area contributed by atoms with E-state index in [1.807, 2.05) is 0 Å². The number of nitrogens with two attached hydrogens (primary N) is 1. The van der Waals surface area contributed by atoms with Crippen molar-refractivity contribution in [2.45, 2.75) is 51.9 Å². The molecule has 15 heavy (non-hydrogen) atoms. The van der Waals surface area contributed by atoms with Crippen LogP contribution in [-0.2, 0) is 4.74 Å². The predicted octanol–water partition coefficient (Wildman–Crippen LogP) is 1.55. The molecule has 1 heterocycles. The SMILES string of the molecule is CCC(CC(N)=S)N1C[C@@H](C)O[C@@H](C)C1. The van der Waals surface area contributed by atoms with Crippen LogP contribution in [0.3, 0.4) is 0 Å². The molecular weight excluding hydrogens is 208 g/mol. The monoisotopic (exact) mass is 230 g/mol. The number of ether oxygens (including phenoxy) is 1. The standard InChI is InChI=1S/C11H22N2OS/c1-4-10(5-11(12)15)13-6-8(2)14-9(3)7-13/h8-10H,4-7H2,1-3H3,(H2,12,15)/t8-,9+,10?. The van der Waals surface area contributed by atoms with Crippen molar-refractivity contribution in [3.63, 3.8) is 0 Å². The second-order valence-electron chi connectivity index (χ2n) is 4.44. The van der Waals surface area contributed by atoms with Gasteiger partial charge in [0.05, 0.1) is 17.2 Å². The highest BCUT2D eigenvalue weighted by Gasteiger charge is 2.27. The van der Waals surface area contributed by atoms with E-state index in [2.05, 4.69) is 25.7 Å². The molecule has 1 aliphatic rings. The Labute approximate surface area is 98.0 Å². The van der Waals surface area contributed by atoms with Crippen molar-refractivity contribution in [2.24, 2.45) is 5.73 Å². The van der Waals surface area contributed by atoms with Crippen LogP contribution in [0.15, 0.2) is 0 Å². The van der Waals surface area contributed by atoms with E-state index in [1.54, 1.807) is 0 Å². The van der Waals surface area contributed by atoms with Gasteiger partial charge in [-0.1, -0.05) is 19.1 Å². The molecular formula is C11H22N2OS. The van der Waals surface area contributed by atoms with Gasteiger partial charge in [-0.15, -0.1) is 0 Å². The first-order valence-electron chi connectivity index (χ1n) is 5.70. The molecule has 3 atom stereocenters. The predicted molar refractivity (Wildman–Crippen MR) is 67.1 cm³/mol. The lowest BCUT2D eigenvalue weighted by Crippen LogP contribution is -2.50. The zero-order valence-corrected chi connectivity index (χ0v) is 10.7. The number of morpholine rings is 1. The van der Waals surface area contributed by atoms with Gasteiger partial charge in [0.2, 0.25) is 0 Å². The van der Waals surface area contributed by atoms with Gasteiger partial charge in [-0.25, -0.2) is 0 Å². The Kier molecular flexibility index (Phi) is 4.96. The highest BCUT2D eigenvalue weighted by atomic mass is 32.1. The molecule has 1 rings (SSSR count). The van der Waals surface area contributed by atoms with Crippen molar-refractivity contribution in [3.8, 4) is 0 Å². The molecule has 4 heteroatoms. The summed E-state index contributed by atoms with van der Waals surface area (Å²) in [5, 5.41) is 0. The lowest BCUT2D eigenvalue weighted by Gasteiger charge is -2.39. The van der Waals surface area contributed by atoms with Crippen LogP contribution in [-0.4, -0.2) is 41.2 Å². The maximum atomic E-state index is 5.71. The fourth-order valence-corrected chi connectivity index (χ4v) is 2.47. The van der Waals surface area contributed by atoms with Crippen LogP contribution < -0.4 is 5.73 Å². The van der Waals surface area contributed by atoms with Crippen molar-refractivity contribution < 1.29 is 4.74 Å². The van der Waals surface area contributed by atoms with Gasteiger partial charge in [0, 0.05) is 25.6 Å². The summed E-state index contributed by atoms with van der Waals surface area (Å²) in [7, 11) is 0. The fourth-order valence-electron chi connectivity index (χ4n) is 2.28. The molecule has 1 saturated heterocycles. The van der Waals surface area contributed by atoms with Crippen molar-refractivity contribution in [1.82, 2.24) is 4.90 Å². The summed E-state index contributed by atoms with van der Waals surface area (Å²) < 4.78 is 5.71. The average Bonchev–Trinajstić information content (AvgIpc) is 2.12. The zero-order chi connectivity index (χ0) is 11.4. The van der Waals surface area contributed by atoms with Gasteiger partial charge < -0.3 is 10.5 Å². The van der Waals surface area contributed by atoms with E-state index in [9.17, 15) is 0 Å². The molecule has 88 valence electrons. The van der Waals surface area contributed by atoms with E-state index in [-0.39, 0.29) is 0 Å². The minimum Gasteiger partial charge on any atom is -0.393 e. The van der Waals surface area contributed by atoms with Crippen molar-refractivity contribution >= 4 is 17.2 Å². The third-order valence-electron chi connectivity index (χ3n) is 2.87. The molecule has 0 amide bonds. The Hall–Kier alpha value is -0.190. The quantitative estimate of drug-likeness (QED) is 0.744. The maximum absolute atomic E-state index is 5.71. The molecule has 2 N–H and O–H groups in total. The minimum absolute atomic E-state index is 0.314. The van der Waals surface area contributed by atoms with Gasteiger partial charge in [-0.05, 0) is 20.3 Å². The first-order valence-corrected chi connectivity index (χ1v) is 6.11. The lowest BCUT2D eigenvalue weighted by molar-refractivity contribution is -0.0799. The van der Waals surface area contributed by atoms with Crippen molar-refractivity contribution in [3.05, 3.63) is 0 Å². The number of rotatable bonds is 4. The summed E-state index contributed by atoms with van der Waals surface area (Å²) in [6.45, 7) is 8.41. The van der Waals surface area contributed by atoms with Gasteiger partial charge in [0.1, 0.15) is 0 Å². The molecule has 3 nitrogen and oxygen atoms in total. The Bertz CT molecular complexity index is 213. The highest BCUT2D eigenvalue weighted by Crippen LogP contribution is 2.17. The Balaban J connectivity index is 2.54. The van der Waals surface area contributed by atoms with E-state index < -0.39 is 0 Å². The van der Waals surface area contributed by atoms with E-state index >= 15 is 0 Å². The molecule has 0 aromatic carbocycles. The van der Waals surface area contributed by atoms with E-state index in [1.165, 1.54) is 0 Å². The van der Waals surface area contributed by atoms with Crippen LogP contribution in [0.1, 0.15) is 33.6 Å². The number of hydrogen-bond donors (Lipinski definition) is 1. The van der Waals surface area contributed by atoms with Gasteiger partial charge in [0.25, 0.3) is 0 Å². The van der Waals surface area contributed by atoms with Crippen LogP contribution in [0, 0.1) is 0 Å². The third kappa shape index (κ3) is 4.05. The first kappa shape index (κ1) is 12.9.